The molecule has 1 amide bonds. The summed E-state index contributed by atoms with van der Waals surface area (Å²) in [5.41, 5.74) is 5.21. The van der Waals surface area contributed by atoms with Crippen molar-refractivity contribution in [3.8, 4) is 5.69 Å². The summed E-state index contributed by atoms with van der Waals surface area (Å²) in [6.07, 6.45) is 1.47. The Morgan fingerprint density at radius 1 is 1.09 bits per heavy atom. The van der Waals surface area contributed by atoms with Crippen LogP contribution in [0.15, 0.2) is 81.8 Å². The zero-order valence-electron chi connectivity index (χ0n) is 17.5. The number of thioether (sulfide) groups is 1. The molecule has 166 valence electrons. The Bertz CT molecular complexity index is 1440. The topological polar surface area (TPSA) is 76.3 Å². The van der Waals surface area contributed by atoms with Crippen molar-refractivity contribution in [2.75, 3.05) is 5.75 Å². The molecule has 0 aliphatic carbocycles. The maximum atomic E-state index is 13.3. The van der Waals surface area contributed by atoms with E-state index in [-0.39, 0.29) is 17.2 Å². The van der Waals surface area contributed by atoms with Crippen LogP contribution in [0.5, 0.6) is 0 Å². The lowest BCUT2D eigenvalue weighted by molar-refractivity contribution is -0.118. The number of aryl methyl sites for hydroxylation is 1. The van der Waals surface area contributed by atoms with Gasteiger partial charge in [-0.1, -0.05) is 71.4 Å². The number of carbonyl (C=O) groups excluding carboxylic acids is 1. The monoisotopic (exact) mass is 496 g/mol. The van der Waals surface area contributed by atoms with Crippen molar-refractivity contribution in [3.05, 3.63) is 98.3 Å². The minimum Gasteiger partial charge on any atom is -0.272 e. The van der Waals surface area contributed by atoms with Crippen molar-refractivity contribution in [1.82, 2.24) is 15.0 Å². The first kappa shape index (κ1) is 23.0. The number of amides is 1. The number of hydrazone groups is 1. The molecule has 3 aromatic carbocycles. The van der Waals surface area contributed by atoms with E-state index in [2.05, 4.69) is 15.5 Å². The molecule has 0 spiro atoms. The van der Waals surface area contributed by atoms with Gasteiger partial charge in [0, 0.05) is 0 Å². The van der Waals surface area contributed by atoms with Crippen LogP contribution in [0, 0.1) is 6.92 Å². The molecule has 4 aromatic rings. The lowest BCUT2D eigenvalue weighted by Gasteiger charge is -2.14. The third-order valence-electron chi connectivity index (χ3n) is 4.78. The van der Waals surface area contributed by atoms with Gasteiger partial charge in [-0.3, -0.25) is 14.2 Å². The Labute approximate surface area is 204 Å². The minimum absolute atomic E-state index is 0.0232. The van der Waals surface area contributed by atoms with Crippen LogP contribution in [0.25, 0.3) is 16.6 Å². The lowest BCUT2D eigenvalue weighted by Crippen LogP contribution is -2.24. The third-order valence-corrected chi connectivity index (χ3v) is 6.46. The number of halogens is 2. The molecule has 0 bridgehead atoms. The molecule has 0 unspecified atom stereocenters. The average Bonchev–Trinajstić information content (AvgIpc) is 2.81. The Morgan fingerprint density at radius 2 is 1.85 bits per heavy atom. The SMILES string of the molecule is Cc1ccccc1-n1c(SCC(=O)NN=Cc2ccc(Cl)c(Cl)c2)nc2ccccc2c1=O. The number of nitrogens with one attached hydrogen (secondary N) is 1. The van der Waals surface area contributed by atoms with Crippen LogP contribution in [0.2, 0.25) is 10.0 Å². The maximum absolute atomic E-state index is 13.3. The molecule has 0 aliphatic heterocycles. The molecule has 33 heavy (non-hydrogen) atoms. The number of benzene rings is 3. The molecule has 9 heteroatoms. The zero-order valence-corrected chi connectivity index (χ0v) is 19.8. The van der Waals surface area contributed by atoms with Crippen molar-refractivity contribution in [2.24, 2.45) is 5.10 Å². The molecule has 4 rings (SSSR count). The van der Waals surface area contributed by atoms with Gasteiger partial charge in [-0.2, -0.15) is 5.10 Å². The van der Waals surface area contributed by atoms with Gasteiger partial charge >= 0.3 is 0 Å². The first-order valence-electron chi connectivity index (χ1n) is 9.91. The first-order valence-corrected chi connectivity index (χ1v) is 11.7. The van der Waals surface area contributed by atoms with Gasteiger partial charge in [0.1, 0.15) is 0 Å². The summed E-state index contributed by atoms with van der Waals surface area (Å²) >= 11 is 13.0. The van der Waals surface area contributed by atoms with Gasteiger partial charge in [-0.25, -0.2) is 10.4 Å². The molecule has 0 saturated heterocycles. The molecule has 1 aromatic heterocycles. The van der Waals surface area contributed by atoms with Crippen molar-refractivity contribution in [1.29, 1.82) is 0 Å². The van der Waals surface area contributed by atoms with Crippen molar-refractivity contribution >= 4 is 58.0 Å². The van der Waals surface area contributed by atoms with Crippen LogP contribution in [-0.2, 0) is 4.79 Å². The second-order valence-electron chi connectivity index (χ2n) is 7.09. The molecular weight excluding hydrogens is 479 g/mol. The van der Waals surface area contributed by atoms with Gasteiger partial charge in [-0.05, 0) is 48.4 Å². The largest absolute Gasteiger partial charge is 0.272 e. The molecule has 0 fully saturated rings. The molecule has 1 heterocycles. The van der Waals surface area contributed by atoms with Crippen molar-refractivity contribution in [2.45, 2.75) is 12.1 Å². The number of hydrogen-bond acceptors (Lipinski definition) is 5. The van der Waals surface area contributed by atoms with E-state index >= 15 is 0 Å². The van der Waals surface area contributed by atoms with E-state index in [9.17, 15) is 9.59 Å². The van der Waals surface area contributed by atoms with E-state index in [1.165, 1.54) is 18.0 Å². The lowest BCUT2D eigenvalue weighted by atomic mass is 10.2. The summed E-state index contributed by atoms with van der Waals surface area (Å²) in [5.74, 6) is -0.315. The highest BCUT2D eigenvalue weighted by molar-refractivity contribution is 7.99. The Balaban J connectivity index is 1.56. The maximum Gasteiger partial charge on any atom is 0.266 e. The summed E-state index contributed by atoms with van der Waals surface area (Å²) in [5, 5.41) is 5.74. The van der Waals surface area contributed by atoms with E-state index in [0.717, 1.165) is 11.3 Å². The number of nitrogens with zero attached hydrogens (tertiary/aromatic N) is 3. The number of carbonyl (C=O) groups is 1. The fraction of sp³-hybridized carbons (Fsp3) is 0.0833. The highest BCUT2D eigenvalue weighted by Gasteiger charge is 2.15. The van der Waals surface area contributed by atoms with Crippen molar-refractivity contribution < 1.29 is 4.79 Å². The van der Waals surface area contributed by atoms with E-state index in [0.29, 0.717) is 31.7 Å². The van der Waals surface area contributed by atoms with Crippen LogP contribution in [0.1, 0.15) is 11.1 Å². The molecule has 0 radical (unpaired) electrons. The summed E-state index contributed by atoms with van der Waals surface area (Å²) < 4.78 is 1.55. The number of rotatable bonds is 6. The van der Waals surface area contributed by atoms with Crippen LogP contribution >= 0.6 is 35.0 Å². The summed E-state index contributed by atoms with van der Waals surface area (Å²) in [4.78, 5) is 30.3. The number of aromatic nitrogens is 2. The van der Waals surface area contributed by atoms with Crippen LogP contribution in [0.3, 0.4) is 0 Å². The second-order valence-corrected chi connectivity index (χ2v) is 8.85. The van der Waals surface area contributed by atoms with E-state index < -0.39 is 0 Å². The Kier molecular flexibility index (Phi) is 7.13. The molecule has 6 nitrogen and oxygen atoms in total. The Morgan fingerprint density at radius 3 is 2.64 bits per heavy atom. The summed E-state index contributed by atoms with van der Waals surface area (Å²) in [6.45, 7) is 1.93. The van der Waals surface area contributed by atoms with Gasteiger partial charge in [0.15, 0.2) is 5.16 Å². The molecular formula is C24H18Cl2N4O2S. The predicted molar refractivity (Wildman–Crippen MR) is 135 cm³/mol. The number of para-hydroxylation sites is 2. The first-order chi connectivity index (χ1) is 15.9. The van der Waals surface area contributed by atoms with E-state index in [4.69, 9.17) is 23.2 Å². The van der Waals surface area contributed by atoms with Crippen LogP contribution < -0.4 is 11.0 Å². The van der Waals surface area contributed by atoms with Gasteiger partial charge in [0.05, 0.1) is 38.6 Å². The third kappa shape index (κ3) is 5.27. The minimum atomic E-state index is -0.338. The van der Waals surface area contributed by atoms with Crippen LogP contribution in [0.4, 0.5) is 0 Å². The zero-order chi connectivity index (χ0) is 23.4. The van der Waals surface area contributed by atoms with E-state index in [1.807, 2.05) is 37.3 Å². The highest BCUT2D eigenvalue weighted by Crippen LogP contribution is 2.23. The Hall–Kier alpha value is -3.13. The second kappa shape index (κ2) is 10.2. The van der Waals surface area contributed by atoms with E-state index in [1.54, 1.807) is 41.0 Å². The van der Waals surface area contributed by atoms with Gasteiger partial charge in [0.2, 0.25) is 0 Å². The normalized spacial score (nSPS) is 11.2. The van der Waals surface area contributed by atoms with Gasteiger partial charge in [-0.15, -0.1) is 0 Å². The van der Waals surface area contributed by atoms with Gasteiger partial charge in [0.25, 0.3) is 11.5 Å². The summed E-state index contributed by atoms with van der Waals surface area (Å²) in [6, 6.07) is 19.8. The fourth-order valence-corrected chi connectivity index (χ4v) is 4.27. The quantitative estimate of drug-likeness (QED) is 0.171. The van der Waals surface area contributed by atoms with Gasteiger partial charge < -0.3 is 0 Å². The molecule has 0 saturated carbocycles. The number of fused-ring (bicyclic) bond motifs is 1. The molecule has 0 aliphatic rings. The highest BCUT2D eigenvalue weighted by atomic mass is 35.5. The smallest absolute Gasteiger partial charge is 0.266 e. The predicted octanol–water partition coefficient (Wildman–Crippen LogP) is 5.24. The van der Waals surface area contributed by atoms with Crippen molar-refractivity contribution in [3.63, 3.8) is 0 Å². The average molecular weight is 497 g/mol. The summed E-state index contributed by atoms with van der Waals surface area (Å²) in [7, 11) is 0. The molecule has 0 atom stereocenters. The van der Waals surface area contributed by atoms with Crippen LogP contribution in [-0.4, -0.2) is 27.4 Å². The molecule has 1 N–H and O–H groups in total. The fourth-order valence-electron chi connectivity index (χ4n) is 3.17. The standard InChI is InChI=1S/C24H18Cl2N4O2S/c1-15-6-2-5-9-21(15)30-23(32)17-7-3-4-8-20(17)28-24(30)33-14-22(31)29-27-13-16-10-11-18(25)19(26)12-16/h2-13H,14H2,1H3,(H,29,31). The number of hydrogen-bond donors (Lipinski definition) is 1.